The number of thioether (sulfide) groups is 1. The number of benzene rings is 1. The minimum atomic E-state index is -4.51. The predicted octanol–water partition coefficient (Wildman–Crippen LogP) is 4.99. The van der Waals surface area contributed by atoms with E-state index in [0.717, 1.165) is 12.1 Å². The molecule has 2 rings (SSSR count). The van der Waals surface area contributed by atoms with Crippen LogP contribution in [0, 0.1) is 6.92 Å². The van der Waals surface area contributed by atoms with Crippen molar-refractivity contribution in [2.24, 2.45) is 0 Å². The Bertz CT molecular complexity index is 722. The molecule has 1 aromatic carbocycles. The van der Waals surface area contributed by atoms with Crippen molar-refractivity contribution >= 4 is 38.7 Å². The van der Waals surface area contributed by atoms with Crippen LogP contribution in [0.15, 0.2) is 30.9 Å². The van der Waals surface area contributed by atoms with E-state index in [9.17, 15) is 18.0 Å². The van der Waals surface area contributed by atoms with Crippen molar-refractivity contribution in [1.29, 1.82) is 0 Å². The molecule has 0 saturated heterocycles. The summed E-state index contributed by atoms with van der Waals surface area (Å²) in [5.74, 6) is 0.702. The molecule has 2 nitrogen and oxygen atoms in total. The molecule has 0 unspecified atom stereocenters. The molecule has 2 aromatic rings. The summed E-state index contributed by atoms with van der Waals surface area (Å²) < 4.78 is 44.0. The van der Waals surface area contributed by atoms with Gasteiger partial charge < -0.3 is 4.42 Å². The minimum Gasteiger partial charge on any atom is -0.448 e. The molecule has 0 atom stereocenters. The van der Waals surface area contributed by atoms with Gasteiger partial charge in [0.25, 0.3) is 0 Å². The Labute approximate surface area is 125 Å². The van der Waals surface area contributed by atoms with Crippen LogP contribution in [0.25, 0.3) is 11.0 Å². The van der Waals surface area contributed by atoms with Crippen molar-refractivity contribution in [3.63, 3.8) is 0 Å². The zero-order chi connectivity index (χ0) is 15.1. The number of hydrogen-bond donors (Lipinski definition) is 0. The van der Waals surface area contributed by atoms with Crippen LogP contribution >= 0.6 is 27.7 Å². The van der Waals surface area contributed by atoms with E-state index in [1.54, 1.807) is 6.92 Å². The van der Waals surface area contributed by atoms with E-state index in [1.807, 2.05) is 6.92 Å². The van der Waals surface area contributed by atoms with Crippen molar-refractivity contribution in [2.75, 3.05) is 5.75 Å². The molecule has 0 radical (unpaired) electrons. The summed E-state index contributed by atoms with van der Waals surface area (Å²) in [7, 11) is 0. The van der Waals surface area contributed by atoms with Crippen molar-refractivity contribution in [3.8, 4) is 0 Å². The fourth-order valence-corrected chi connectivity index (χ4v) is 3.02. The second kappa shape index (κ2) is 5.44. The van der Waals surface area contributed by atoms with Gasteiger partial charge in [-0.05, 0) is 40.7 Å². The number of rotatable bonds is 2. The highest BCUT2D eigenvalue weighted by Gasteiger charge is 2.32. The van der Waals surface area contributed by atoms with Gasteiger partial charge in [-0.15, -0.1) is 0 Å². The van der Waals surface area contributed by atoms with Gasteiger partial charge in [0, 0.05) is 5.56 Å². The van der Waals surface area contributed by atoms with Crippen molar-refractivity contribution in [1.82, 2.24) is 0 Å². The third kappa shape index (κ3) is 2.74. The van der Waals surface area contributed by atoms with Gasteiger partial charge in [-0.2, -0.15) is 13.2 Å². The molecule has 0 saturated carbocycles. The van der Waals surface area contributed by atoms with Gasteiger partial charge in [-0.1, -0.05) is 18.7 Å². The molecule has 1 aromatic heterocycles. The van der Waals surface area contributed by atoms with Crippen LogP contribution < -0.4 is 5.43 Å². The third-order valence-corrected chi connectivity index (χ3v) is 4.26. The molecule has 0 spiro atoms. The fraction of sp³-hybridized carbons (Fsp3) is 0.308. The first-order valence-electron chi connectivity index (χ1n) is 5.72. The molecule has 0 N–H and O–H groups in total. The Kier molecular flexibility index (Phi) is 4.20. The summed E-state index contributed by atoms with van der Waals surface area (Å²) in [4.78, 5) is 12.2. The van der Waals surface area contributed by atoms with E-state index in [-0.39, 0.29) is 15.4 Å². The van der Waals surface area contributed by atoms with Gasteiger partial charge in [0.1, 0.15) is 0 Å². The molecule has 1 heterocycles. The molecule has 0 aliphatic carbocycles. The van der Waals surface area contributed by atoms with E-state index in [2.05, 4.69) is 15.9 Å². The van der Waals surface area contributed by atoms with Crippen molar-refractivity contribution < 1.29 is 17.6 Å². The van der Waals surface area contributed by atoms with E-state index in [4.69, 9.17) is 4.42 Å². The van der Waals surface area contributed by atoms with Crippen LogP contribution in [0.1, 0.15) is 18.1 Å². The topological polar surface area (TPSA) is 30.2 Å². The van der Waals surface area contributed by atoms with Crippen LogP contribution in [-0.2, 0) is 6.18 Å². The summed E-state index contributed by atoms with van der Waals surface area (Å²) in [6.07, 6.45) is -4.51. The summed E-state index contributed by atoms with van der Waals surface area (Å²) in [5.41, 5.74) is -0.839. The maximum atomic E-state index is 12.8. The van der Waals surface area contributed by atoms with Gasteiger partial charge in [0.05, 0.1) is 15.4 Å². The third-order valence-electron chi connectivity index (χ3n) is 2.73. The lowest BCUT2D eigenvalue weighted by Gasteiger charge is -2.11. The quantitative estimate of drug-likeness (QED) is 0.701. The fourth-order valence-electron chi connectivity index (χ4n) is 1.76. The largest absolute Gasteiger partial charge is 0.448 e. The van der Waals surface area contributed by atoms with E-state index in [0.29, 0.717) is 16.4 Å². The molecule has 7 heteroatoms. The van der Waals surface area contributed by atoms with Gasteiger partial charge in [0.2, 0.25) is 0 Å². The normalized spacial score (nSPS) is 12.1. The zero-order valence-electron chi connectivity index (χ0n) is 10.6. The van der Waals surface area contributed by atoms with Gasteiger partial charge >= 0.3 is 6.18 Å². The Morgan fingerprint density at radius 3 is 2.55 bits per heavy atom. The van der Waals surface area contributed by atoms with Gasteiger partial charge in [-0.3, -0.25) is 4.79 Å². The lowest BCUT2D eigenvalue weighted by atomic mass is 10.1. The van der Waals surface area contributed by atoms with Gasteiger partial charge in [-0.25, -0.2) is 0 Å². The highest BCUT2D eigenvalue weighted by molar-refractivity contribution is 9.10. The molecule has 0 aliphatic rings. The second-order valence-electron chi connectivity index (χ2n) is 4.11. The highest BCUT2D eigenvalue weighted by atomic mass is 79.9. The number of fused-ring (bicyclic) bond motifs is 1. The molecule has 0 amide bonds. The van der Waals surface area contributed by atoms with Crippen LogP contribution in [0.3, 0.4) is 0 Å². The SMILES string of the molecule is CCSc1oc2c(Br)cc(C(F)(F)F)cc2c(=O)c1C. The Balaban J connectivity index is 2.82. The monoisotopic (exact) mass is 366 g/mol. The molecule has 0 aliphatic heterocycles. The van der Waals surface area contributed by atoms with E-state index < -0.39 is 17.2 Å². The van der Waals surface area contributed by atoms with Gasteiger partial charge in [0.15, 0.2) is 16.1 Å². The first-order chi connectivity index (χ1) is 9.25. The molecular weight excluding hydrogens is 357 g/mol. The Hall–Kier alpha value is -0.950. The maximum Gasteiger partial charge on any atom is 0.416 e. The zero-order valence-corrected chi connectivity index (χ0v) is 13.0. The van der Waals surface area contributed by atoms with E-state index >= 15 is 0 Å². The highest BCUT2D eigenvalue weighted by Crippen LogP contribution is 2.36. The van der Waals surface area contributed by atoms with Crippen LogP contribution in [-0.4, -0.2) is 5.75 Å². The average Bonchev–Trinajstić information content (AvgIpc) is 2.35. The Morgan fingerprint density at radius 2 is 2.00 bits per heavy atom. The first kappa shape index (κ1) is 15.4. The number of hydrogen-bond acceptors (Lipinski definition) is 3. The van der Waals surface area contributed by atoms with E-state index in [1.165, 1.54) is 11.8 Å². The van der Waals surface area contributed by atoms with Crippen LogP contribution in [0.2, 0.25) is 0 Å². The summed E-state index contributed by atoms with van der Waals surface area (Å²) in [6.45, 7) is 3.45. The predicted molar refractivity (Wildman–Crippen MR) is 76.3 cm³/mol. The van der Waals surface area contributed by atoms with Crippen molar-refractivity contribution in [2.45, 2.75) is 25.1 Å². The molecule has 0 bridgehead atoms. The smallest absolute Gasteiger partial charge is 0.416 e. The van der Waals surface area contributed by atoms with Crippen LogP contribution in [0.5, 0.6) is 0 Å². The number of halogens is 4. The van der Waals surface area contributed by atoms with Crippen molar-refractivity contribution in [3.05, 3.63) is 38.0 Å². The average molecular weight is 367 g/mol. The summed E-state index contributed by atoms with van der Waals surface area (Å²) in [6, 6.07) is 1.75. The molecule has 20 heavy (non-hydrogen) atoms. The lowest BCUT2D eigenvalue weighted by molar-refractivity contribution is -0.137. The maximum absolute atomic E-state index is 12.8. The van der Waals surface area contributed by atoms with Crippen LogP contribution in [0.4, 0.5) is 13.2 Å². The summed E-state index contributed by atoms with van der Waals surface area (Å²) in [5, 5.41) is 0.370. The first-order valence-corrected chi connectivity index (χ1v) is 7.50. The molecular formula is C13H10BrF3O2S. The second-order valence-corrected chi connectivity index (χ2v) is 6.20. The standard InChI is InChI=1S/C13H10BrF3O2S/c1-3-20-12-6(2)10(18)8-4-7(13(15,16)17)5-9(14)11(8)19-12/h4-5H,3H2,1-2H3. The summed E-state index contributed by atoms with van der Waals surface area (Å²) >= 11 is 4.38. The Morgan fingerprint density at radius 1 is 1.35 bits per heavy atom. The lowest BCUT2D eigenvalue weighted by Crippen LogP contribution is -2.11. The number of alkyl halides is 3. The molecule has 0 fully saturated rings. The minimum absolute atomic E-state index is 0.0651. The molecule has 108 valence electrons.